The number of rotatable bonds is 11. The third-order valence-electron chi connectivity index (χ3n) is 7.53. The molecule has 2 heterocycles. The molecule has 0 saturated heterocycles. The first-order chi connectivity index (χ1) is 20.2. The highest BCUT2D eigenvalue weighted by atomic mass is 16.1. The zero-order valence-electron chi connectivity index (χ0n) is 22.8. The first-order valence-corrected chi connectivity index (χ1v) is 14.0. The summed E-state index contributed by atoms with van der Waals surface area (Å²) in [6.07, 6.45) is 3.92. The maximum absolute atomic E-state index is 13.5. The van der Waals surface area contributed by atoms with Gasteiger partial charge in [0.25, 0.3) is 5.56 Å². The van der Waals surface area contributed by atoms with Crippen LogP contribution in [-0.2, 0) is 18.5 Å². The highest BCUT2D eigenvalue weighted by molar-refractivity contribution is 5.79. The van der Waals surface area contributed by atoms with Crippen molar-refractivity contribution in [1.82, 2.24) is 20.3 Å². The van der Waals surface area contributed by atoms with Crippen molar-refractivity contribution in [2.45, 2.75) is 24.9 Å². The van der Waals surface area contributed by atoms with Gasteiger partial charge >= 0.3 is 0 Å². The van der Waals surface area contributed by atoms with E-state index < -0.39 is 5.54 Å². The van der Waals surface area contributed by atoms with E-state index in [2.05, 4.69) is 81.3 Å². The average Bonchev–Trinajstić information content (AvgIpc) is 3.45. The van der Waals surface area contributed by atoms with Gasteiger partial charge < -0.3 is 15.6 Å². The Kier molecular flexibility index (Phi) is 7.74. The molecule has 4 aromatic carbocycles. The van der Waals surface area contributed by atoms with Crippen molar-refractivity contribution in [3.05, 3.63) is 166 Å². The van der Waals surface area contributed by atoms with E-state index in [1.807, 2.05) is 66.9 Å². The number of nitrogens with zero attached hydrogens (tertiary/aromatic N) is 1. The van der Waals surface area contributed by atoms with E-state index in [-0.39, 0.29) is 5.56 Å². The second-order valence-corrected chi connectivity index (χ2v) is 10.2. The second-order valence-electron chi connectivity index (χ2n) is 10.2. The third-order valence-corrected chi connectivity index (χ3v) is 7.53. The fourth-order valence-corrected chi connectivity index (χ4v) is 5.55. The topological polar surface area (TPSA) is 85.6 Å². The third kappa shape index (κ3) is 5.55. The van der Waals surface area contributed by atoms with Crippen LogP contribution >= 0.6 is 0 Å². The number of H-pyrrole nitrogens is 2. The molecular formula is C35H33N5O. The minimum atomic E-state index is -0.789. The fraction of sp³-hybridized carbons (Fsp3) is 0.143. The summed E-state index contributed by atoms with van der Waals surface area (Å²) >= 11 is 0. The predicted octanol–water partition coefficient (Wildman–Crippen LogP) is 6.38. The lowest BCUT2D eigenvalue weighted by molar-refractivity contribution is 0.651. The summed E-state index contributed by atoms with van der Waals surface area (Å²) in [6.45, 7) is 1.45. The quantitative estimate of drug-likeness (QED) is 0.114. The van der Waals surface area contributed by atoms with Crippen LogP contribution in [-0.4, -0.2) is 21.5 Å². The molecule has 0 aliphatic heterocycles. The number of aromatic amines is 2. The molecule has 6 aromatic rings. The molecule has 204 valence electrons. The predicted molar refractivity (Wildman–Crippen MR) is 166 cm³/mol. The Morgan fingerprint density at radius 2 is 1.24 bits per heavy atom. The van der Waals surface area contributed by atoms with Gasteiger partial charge in [-0.3, -0.25) is 9.78 Å². The summed E-state index contributed by atoms with van der Waals surface area (Å²) in [5.74, 6) is 0.392. The summed E-state index contributed by atoms with van der Waals surface area (Å²) in [7, 11) is 0. The van der Waals surface area contributed by atoms with E-state index in [1.165, 1.54) is 5.56 Å². The van der Waals surface area contributed by atoms with Gasteiger partial charge in [-0.25, -0.2) is 0 Å². The van der Waals surface area contributed by atoms with Gasteiger partial charge in [0, 0.05) is 12.7 Å². The fourth-order valence-electron chi connectivity index (χ4n) is 5.55. The minimum absolute atomic E-state index is 0.178. The first kappa shape index (κ1) is 26.3. The Balaban J connectivity index is 1.30. The van der Waals surface area contributed by atoms with Gasteiger partial charge in [-0.2, -0.15) is 4.98 Å². The average molecular weight is 540 g/mol. The molecule has 6 heteroatoms. The Bertz CT molecular complexity index is 1650. The van der Waals surface area contributed by atoms with Gasteiger partial charge in [0.1, 0.15) is 11.2 Å². The maximum Gasteiger partial charge on any atom is 0.262 e. The van der Waals surface area contributed by atoms with Crippen LogP contribution in [0, 0.1) is 0 Å². The van der Waals surface area contributed by atoms with Crippen molar-refractivity contribution < 1.29 is 0 Å². The molecule has 0 aliphatic carbocycles. The molecule has 2 aromatic heterocycles. The van der Waals surface area contributed by atoms with Crippen LogP contribution in [0.15, 0.2) is 132 Å². The van der Waals surface area contributed by atoms with E-state index in [0.717, 1.165) is 41.6 Å². The molecule has 0 radical (unpaired) electrons. The largest absolute Gasteiger partial charge is 0.346 e. The van der Waals surface area contributed by atoms with Crippen LogP contribution < -0.4 is 16.2 Å². The molecular weight excluding hydrogens is 506 g/mol. The molecule has 41 heavy (non-hydrogen) atoms. The lowest BCUT2D eigenvalue weighted by atomic mass is 9.77. The van der Waals surface area contributed by atoms with Crippen molar-refractivity contribution in [2.24, 2.45) is 0 Å². The number of anilines is 1. The Hall–Kier alpha value is -4.94. The highest BCUT2D eigenvalue weighted by Gasteiger charge is 2.37. The number of fused-ring (bicyclic) bond motifs is 1. The van der Waals surface area contributed by atoms with Gasteiger partial charge in [0.05, 0.1) is 5.39 Å². The summed E-state index contributed by atoms with van der Waals surface area (Å²) < 4.78 is 0. The smallest absolute Gasteiger partial charge is 0.262 e. The summed E-state index contributed by atoms with van der Waals surface area (Å²) in [5, 5.41) is 7.71. The van der Waals surface area contributed by atoms with Crippen molar-refractivity contribution in [2.75, 3.05) is 11.9 Å². The molecule has 0 spiro atoms. The normalized spacial score (nSPS) is 11.5. The maximum atomic E-state index is 13.5. The van der Waals surface area contributed by atoms with Crippen LogP contribution in [0.5, 0.6) is 0 Å². The molecule has 6 nitrogen and oxygen atoms in total. The lowest BCUT2D eigenvalue weighted by Gasteiger charge is -2.37. The molecule has 6 rings (SSSR count). The Labute approximate surface area is 239 Å². The molecule has 0 amide bonds. The van der Waals surface area contributed by atoms with E-state index in [9.17, 15) is 4.79 Å². The lowest BCUT2D eigenvalue weighted by Crippen LogP contribution is -2.39. The SMILES string of the molecule is O=c1[nH]c(NC(c2ccccc2)(c2ccccc2)c2ccccc2)nc2[nH]cc(CNCCCc3ccccc3)c12. The van der Waals surface area contributed by atoms with Gasteiger partial charge in [0.15, 0.2) is 0 Å². The number of aryl methyl sites for hydroxylation is 1. The summed E-state index contributed by atoms with van der Waals surface area (Å²) in [4.78, 5) is 24.6. The van der Waals surface area contributed by atoms with Gasteiger partial charge in [-0.15, -0.1) is 0 Å². The zero-order valence-corrected chi connectivity index (χ0v) is 22.8. The standard InChI is InChI=1S/C35H33N5O/c41-33-31-27(24-36-23-13-16-26-14-5-1-6-15-26)25-37-32(31)38-34(39-33)40-35(28-17-7-2-8-18-28,29-19-9-3-10-20-29)30-21-11-4-12-22-30/h1-12,14-15,17-22,25,36H,13,16,23-24H2,(H3,37,38,39,40,41). The number of hydrogen-bond donors (Lipinski definition) is 4. The molecule has 0 bridgehead atoms. The van der Waals surface area contributed by atoms with Crippen LogP contribution in [0.1, 0.15) is 34.2 Å². The summed E-state index contributed by atoms with van der Waals surface area (Å²) in [6, 6.07) is 41.3. The second kappa shape index (κ2) is 12.1. The van der Waals surface area contributed by atoms with E-state index in [1.54, 1.807) is 0 Å². The molecule has 0 unspecified atom stereocenters. The first-order valence-electron chi connectivity index (χ1n) is 14.0. The van der Waals surface area contributed by atoms with Crippen molar-refractivity contribution in [3.63, 3.8) is 0 Å². The van der Waals surface area contributed by atoms with E-state index >= 15 is 0 Å². The van der Waals surface area contributed by atoms with Crippen molar-refractivity contribution in [3.8, 4) is 0 Å². The van der Waals surface area contributed by atoms with Gasteiger partial charge in [0.2, 0.25) is 5.95 Å². The molecule has 0 saturated carbocycles. The Morgan fingerprint density at radius 1 is 0.707 bits per heavy atom. The zero-order chi connectivity index (χ0) is 27.9. The van der Waals surface area contributed by atoms with Gasteiger partial charge in [-0.1, -0.05) is 121 Å². The molecule has 0 aliphatic rings. The van der Waals surface area contributed by atoms with Crippen molar-refractivity contribution >= 4 is 17.0 Å². The van der Waals surface area contributed by atoms with E-state index in [0.29, 0.717) is 23.5 Å². The summed E-state index contributed by atoms with van der Waals surface area (Å²) in [5.41, 5.74) is 4.93. The van der Waals surface area contributed by atoms with E-state index in [4.69, 9.17) is 4.98 Å². The van der Waals surface area contributed by atoms with Crippen LogP contribution in [0.4, 0.5) is 5.95 Å². The Morgan fingerprint density at radius 3 is 1.80 bits per heavy atom. The van der Waals surface area contributed by atoms with Crippen LogP contribution in [0.3, 0.4) is 0 Å². The van der Waals surface area contributed by atoms with Crippen LogP contribution in [0.25, 0.3) is 11.0 Å². The van der Waals surface area contributed by atoms with Crippen LogP contribution in [0.2, 0.25) is 0 Å². The molecule has 0 fully saturated rings. The number of benzene rings is 4. The highest BCUT2D eigenvalue weighted by Crippen LogP contribution is 2.39. The number of aromatic nitrogens is 3. The monoisotopic (exact) mass is 539 g/mol. The number of nitrogens with one attached hydrogen (secondary N) is 4. The van der Waals surface area contributed by atoms with Gasteiger partial charge in [-0.05, 0) is 47.2 Å². The van der Waals surface area contributed by atoms with Crippen molar-refractivity contribution in [1.29, 1.82) is 0 Å². The number of hydrogen-bond acceptors (Lipinski definition) is 4. The minimum Gasteiger partial charge on any atom is -0.346 e. The molecule has 4 N–H and O–H groups in total. The molecule has 0 atom stereocenters.